The summed E-state index contributed by atoms with van der Waals surface area (Å²) in [5, 5.41) is 0. The standard InChI is InChI=1S/C14H15NO4S2/c1-11-3-7-13(8-4-11)18-21(17)15-19-20(16)14-9-5-12(2)6-10-14/h3-10,15H,1-2H3. The normalized spacial score (nSPS) is 13.6. The van der Waals surface area contributed by atoms with Crippen molar-refractivity contribution in [3.8, 4) is 5.75 Å². The SMILES string of the molecule is Cc1ccc(OS(=O)NOS(=O)c2ccc(C)cc2)cc1. The third-order valence-electron chi connectivity index (χ3n) is 2.58. The smallest absolute Gasteiger partial charge is 0.313 e. The summed E-state index contributed by atoms with van der Waals surface area (Å²) >= 11 is -3.70. The van der Waals surface area contributed by atoms with E-state index in [1.165, 1.54) is 0 Å². The van der Waals surface area contributed by atoms with Gasteiger partial charge in [0.25, 0.3) is 0 Å². The van der Waals surface area contributed by atoms with E-state index in [-0.39, 0.29) is 0 Å². The molecule has 0 heterocycles. The molecule has 2 rings (SSSR count). The van der Waals surface area contributed by atoms with Gasteiger partial charge in [0.2, 0.25) is 11.1 Å². The molecular weight excluding hydrogens is 310 g/mol. The fourth-order valence-corrected chi connectivity index (χ4v) is 2.70. The van der Waals surface area contributed by atoms with Crippen molar-refractivity contribution >= 4 is 22.3 Å². The Morgan fingerprint density at radius 1 is 0.857 bits per heavy atom. The van der Waals surface area contributed by atoms with Crippen molar-refractivity contribution in [1.82, 2.24) is 4.89 Å². The Kier molecular flexibility index (Phi) is 5.63. The van der Waals surface area contributed by atoms with Crippen LogP contribution in [0.25, 0.3) is 0 Å². The molecule has 1 N–H and O–H groups in total. The van der Waals surface area contributed by atoms with E-state index in [4.69, 9.17) is 8.47 Å². The molecule has 2 atom stereocenters. The quantitative estimate of drug-likeness (QED) is 0.829. The van der Waals surface area contributed by atoms with Gasteiger partial charge in [-0.25, -0.2) is 4.21 Å². The van der Waals surface area contributed by atoms with Crippen molar-refractivity contribution in [2.24, 2.45) is 0 Å². The van der Waals surface area contributed by atoms with Crippen LogP contribution in [0, 0.1) is 13.8 Å². The summed E-state index contributed by atoms with van der Waals surface area (Å²) in [6, 6.07) is 14.0. The van der Waals surface area contributed by atoms with Crippen molar-refractivity contribution in [3.05, 3.63) is 59.7 Å². The van der Waals surface area contributed by atoms with Crippen LogP contribution in [0.2, 0.25) is 0 Å². The molecule has 0 aromatic heterocycles. The van der Waals surface area contributed by atoms with Crippen LogP contribution in [-0.4, -0.2) is 8.42 Å². The first-order chi connectivity index (χ1) is 10.0. The van der Waals surface area contributed by atoms with Crippen molar-refractivity contribution < 1.29 is 16.9 Å². The van der Waals surface area contributed by atoms with Crippen LogP contribution < -0.4 is 9.07 Å². The Bertz CT molecular complexity index is 641. The van der Waals surface area contributed by atoms with Crippen LogP contribution in [0.3, 0.4) is 0 Å². The van der Waals surface area contributed by atoms with E-state index < -0.39 is 22.3 Å². The second-order valence-corrected chi connectivity index (χ2v) is 6.26. The van der Waals surface area contributed by atoms with Crippen molar-refractivity contribution in [3.63, 3.8) is 0 Å². The minimum atomic E-state index is -1.94. The lowest BCUT2D eigenvalue weighted by atomic mass is 10.2. The lowest BCUT2D eigenvalue weighted by Gasteiger charge is -2.06. The highest BCUT2D eigenvalue weighted by Gasteiger charge is 2.08. The van der Waals surface area contributed by atoms with Crippen LogP contribution in [0.15, 0.2) is 53.4 Å². The zero-order chi connectivity index (χ0) is 15.2. The summed E-state index contributed by atoms with van der Waals surface area (Å²) in [7, 11) is 0. The molecule has 0 amide bonds. The molecule has 0 saturated carbocycles. The van der Waals surface area contributed by atoms with E-state index in [1.54, 1.807) is 24.3 Å². The predicted octanol–water partition coefficient (Wildman–Crippen LogP) is 2.50. The minimum Gasteiger partial charge on any atom is -0.388 e. The fourth-order valence-electron chi connectivity index (χ4n) is 1.45. The molecule has 0 aliphatic heterocycles. The molecule has 2 aromatic rings. The van der Waals surface area contributed by atoms with Gasteiger partial charge in [0.1, 0.15) is 5.75 Å². The highest BCUT2D eigenvalue weighted by Crippen LogP contribution is 2.12. The largest absolute Gasteiger partial charge is 0.388 e. The first-order valence-electron chi connectivity index (χ1n) is 6.13. The third kappa shape index (κ3) is 5.05. The minimum absolute atomic E-state index is 0.427. The maximum atomic E-state index is 11.8. The van der Waals surface area contributed by atoms with E-state index in [0.717, 1.165) is 11.1 Å². The van der Waals surface area contributed by atoms with Crippen LogP contribution in [0.4, 0.5) is 0 Å². The molecule has 0 aliphatic rings. The fraction of sp³-hybridized carbons (Fsp3) is 0.143. The second-order valence-electron chi connectivity index (χ2n) is 4.35. The van der Waals surface area contributed by atoms with Gasteiger partial charge in [0, 0.05) is 0 Å². The molecule has 21 heavy (non-hydrogen) atoms. The number of hydrogen-bond acceptors (Lipinski definition) is 4. The van der Waals surface area contributed by atoms with Crippen LogP contribution in [-0.2, 0) is 26.6 Å². The van der Waals surface area contributed by atoms with Gasteiger partial charge in [-0.15, -0.1) is 0 Å². The van der Waals surface area contributed by atoms with Gasteiger partial charge in [-0.2, -0.15) is 8.49 Å². The number of nitrogens with one attached hydrogen (secondary N) is 1. The molecule has 0 spiro atoms. The average molecular weight is 325 g/mol. The molecule has 0 saturated heterocycles. The lowest BCUT2D eigenvalue weighted by Crippen LogP contribution is -2.23. The maximum absolute atomic E-state index is 11.8. The first-order valence-corrected chi connectivity index (χ1v) is 8.28. The molecule has 5 nitrogen and oxygen atoms in total. The summed E-state index contributed by atoms with van der Waals surface area (Å²) < 4.78 is 33.3. The second kappa shape index (κ2) is 7.46. The van der Waals surface area contributed by atoms with Gasteiger partial charge >= 0.3 is 11.3 Å². The predicted molar refractivity (Wildman–Crippen MR) is 81.8 cm³/mol. The van der Waals surface area contributed by atoms with Gasteiger partial charge in [0.15, 0.2) is 0 Å². The van der Waals surface area contributed by atoms with E-state index in [2.05, 4.69) is 4.89 Å². The number of rotatable bonds is 6. The van der Waals surface area contributed by atoms with Crippen LogP contribution >= 0.6 is 0 Å². The topological polar surface area (TPSA) is 64.6 Å². The summed E-state index contributed by atoms with van der Waals surface area (Å²) in [6.45, 7) is 3.86. The molecule has 0 radical (unpaired) electrons. The number of benzene rings is 2. The lowest BCUT2D eigenvalue weighted by molar-refractivity contribution is 0.295. The van der Waals surface area contributed by atoms with Gasteiger partial charge in [0.05, 0.1) is 4.90 Å². The van der Waals surface area contributed by atoms with Crippen molar-refractivity contribution in [2.45, 2.75) is 18.7 Å². The highest BCUT2D eigenvalue weighted by molar-refractivity contribution is 7.82. The molecule has 2 aromatic carbocycles. The van der Waals surface area contributed by atoms with Gasteiger partial charge < -0.3 is 4.18 Å². The summed E-state index contributed by atoms with van der Waals surface area (Å²) in [6.07, 6.45) is 0. The monoisotopic (exact) mass is 325 g/mol. The van der Waals surface area contributed by atoms with E-state index in [9.17, 15) is 8.42 Å². The molecule has 0 bridgehead atoms. The van der Waals surface area contributed by atoms with Gasteiger partial charge in [-0.05, 0) is 38.1 Å². The highest BCUT2D eigenvalue weighted by atomic mass is 32.2. The Morgan fingerprint density at radius 3 is 1.95 bits per heavy atom. The third-order valence-corrected chi connectivity index (χ3v) is 4.14. The van der Waals surface area contributed by atoms with E-state index >= 15 is 0 Å². The van der Waals surface area contributed by atoms with Crippen LogP contribution in [0.5, 0.6) is 5.75 Å². The molecule has 0 fully saturated rings. The molecule has 0 aliphatic carbocycles. The molecule has 2 unspecified atom stereocenters. The number of hydrogen-bond donors (Lipinski definition) is 1. The van der Waals surface area contributed by atoms with Gasteiger partial charge in [-0.3, -0.25) is 0 Å². The zero-order valence-corrected chi connectivity index (χ0v) is 13.2. The Labute approximate surface area is 128 Å². The summed E-state index contributed by atoms with van der Waals surface area (Å²) in [4.78, 5) is 2.58. The summed E-state index contributed by atoms with van der Waals surface area (Å²) in [5.41, 5.74) is 2.12. The molecular formula is C14H15NO4S2. The Balaban J connectivity index is 1.84. The van der Waals surface area contributed by atoms with E-state index in [1.807, 2.05) is 38.1 Å². The number of aryl methyl sites for hydroxylation is 2. The zero-order valence-electron chi connectivity index (χ0n) is 11.6. The van der Waals surface area contributed by atoms with Crippen LogP contribution in [0.1, 0.15) is 11.1 Å². The molecule has 7 heteroatoms. The van der Waals surface area contributed by atoms with E-state index in [0.29, 0.717) is 10.6 Å². The molecule has 112 valence electrons. The first kappa shape index (κ1) is 15.8. The van der Waals surface area contributed by atoms with Crippen molar-refractivity contribution in [2.75, 3.05) is 0 Å². The Morgan fingerprint density at radius 2 is 1.38 bits per heavy atom. The summed E-state index contributed by atoms with van der Waals surface area (Å²) in [5.74, 6) is 0.427. The maximum Gasteiger partial charge on any atom is 0.313 e. The average Bonchev–Trinajstić information content (AvgIpc) is 2.48. The Hall–Kier alpha value is -1.54. The van der Waals surface area contributed by atoms with Gasteiger partial charge in [-0.1, -0.05) is 40.3 Å². The van der Waals surface area contributed by atoms with Crippen molar-refractivity contribution in [1.29, 1.82) is 0 Å².